The zero-order valence-electron chi connectivity index (χ0n) is 10.8. The minimum Gasteiger partial charge on any atom is -0.352 e. The Morgan fingerprint density at radius 3 is 2.53 bits per heavy atom. The van der Waals surface area contributed by atoms with Gasteiger partial charge in [0.05, 0.1) is 0 Å². The Morgan fingerprint density at radius 2 is 1.89 bits per heavy atom. The number of halogens is 1. The molecule has 1 aromatic carbocycles. The summed E-state index contributed by atoms with van der Waals surface area (Å²) in [6.07, 6.45) is 2.67. The second kappa shape index (κ2) is 6.85. The average molecular weight is 259 g/mol. The molecular formula is C15H18FN3. The summed E-state index contributed by atoms with van der Waals surface area (Å²) in [6.45, 7) is 2.19. The van der Waals surface area contributed by atoms with Gasteiger partial charge in [-0.05, 0) is 42.8 Å². The van der Waals surface area contributed by atoms with Gasteiger partial charge in [0, 0.05) is 19.3 Å². The molecule has 0 aliphatic rings. The van der Waals surface area contributed by atoms with Crippen LogP contribution in [0.4, 0.5) is 10.2 Å². The Kier molecular flexibility index (Phi) is 4.86. The topological polar surface area (TPSA) is 42.1 Å². The van der Waals surface area contributed by atoms with Crippen LogP contribution in [0.15, 0.2) is 48.7 Å². The third-order valence-corrected chi connectivity index (χ3v) is 2.89. The van der Waals surface area contributed by atoms with Crippen LogP contribution in [0.3, 0.4) is 0 Å². The fourth-order valence-corrected chi connectivity index (χ4v) is 1.91. The average Bonchev–Trinajstić information content (AvgIpc) is 2.46. The Morgan fingerprint density at radius 1 is 1.11 bits per heavy atom. The highest BCUT2D eigenvalue weighted by Crippen LogP contribution is 2.14. The van der Waals surface area contributed by atoms with E-state index in [0.717, 1.165) is 24.3 Å². The van der Waals surface area contributed by atoms with Crippen molar-refractivity contribution in [2.24, 2.45) is 5.73 Å². The highest BCUT2D eigenvalue weighted by molar-refractivity contribution is 5.39. The number of pyridine rings is 1. The van der Waals surface area contributed by atoms with Crippen LogP contribution in [0, 0.1) is 5.82 Å². The summed E-state index contributed by atoms with van der Waals surface area (Å²) in [4.78, 5) is 6.51. The first-order chi connectivity index (χ1) is 9.29. The Bertz CT molecular complexity index is 485. The first-order valence-corrected chi connectivity index (χ1v) is 6.40. The summed E-state index contributed by atoms with van der Waals surface area (Å²) < 4.78 is 12.9. The summed E-state index contributed by atoms with van der Waals surface area (Å²) in [7, 11) is 0. The molecule has 0 atom stereocenters. The minimum absolute atomic E-state index is 0.213. The van der Waals surface area contributed by atoms with E-state index >= 15 is 0 Å². The van der Waals surface area contributed by atoms with Gasteiger partial charge in [0.1, 0.15) is 11.6 Å². The highest BCUT2D eigenvalue weighted by Gasteiger charge is 2.07. The first kappa shape index (κ1) is 13.5. The van der Waals surface area contributed by atoms with Gasteiger partial charge in [0.25, 0.3) is 0 Å². The molecule has 1 heterocycles. The van der Waals surface area contributed by atoms with Crippen molar-refractivity contribution in [1.82, 2.24) is 4.98 Å². The van der Waals surface area contributed by atoms with Crippen molar-refractivity contribution < 1.29 is 4.39 Å². The van der Waals surface area contributed by atoms with Crippen LogP contribution in [0.2, 0.25) is 0 Å². The normalized spacial score (nSPS) is 10.4. The van der Waals surface area contributed by atoms with E-state index < -0.39 is 0 Å². The number of hydrogen-bond acceptors (Lipinski definition) is 3. The molecule has 4 heteroatoms. The molecule has 0 saturated carbocycles. The van der Waals surface area contributed by atoms with Crippen LogP contribution in [0.25, 0.3) is 0 Å². The molecule has 3 nitrogen and oxygen atoms in total. The van der Waals surface area contributed by atoms with E-state index in [9.17, 15) is 4.39 Å². The Balaban J connectivity index is 2.11. The van der Waals surface area contributed by atoms with Crippen molar-refractivity contribution in [1.29, 1.82) is 0 Å². The number of aromatic nitrogens is 1. The van der Waals surface area contributed by atoms with Gasteiger partial charge in [-0.2, -0.15) is 0 Å². The molecule has 0 fully saturated rings. The second-order valence-corrected chi connectivity index (χ2v) is 4.38. The van der Waals surface area contributed by atoms with Crippen molar-refractivity contribution >= 4 is 5.82 Å². The molecule has 2 N–H and O–H groups in total. The second-order valence-electron chi connectivity index (χ2n) is 4.38. The predicted octanol–water partition coefficient (Wildman–Crippen LogP) is 2.58. The number of benzene rings is 1. The molecule has 2 rings (SSSR count). The van der Waals surface area contributed by atoms with Gasteiger partial charge in [-0.15, -0.1) is 0 Å². The number of rotatable bonds is 6. The van der Waals surface area contributed by atoms with Crippen LogP contribution in [-0.2, 0) is 6.54 Å². The van der Waals surface area contributed by atoms with Gasteiger partial charge in [0.2, 0.25) is 0 Å². The van der Waals surface area contributed by atoms with Crippen LogP contribution < -0.4 is 10.6 Å². The Hall–Kier alpha value is -1.94. The first-order valence-electron chi connectivity index (χ1n) is 6.40. The molecule has 100 valence electrons. The standard InChI is InChI=1S/C15H18FN3/c16-14-7-5-13(6-8-14)12-19(11-3-9-17)15-4-1-2-10-18-15/h1-2,4-8,10H,3,9,11-12,17H2. The molecule has 1 aromatic heterocycles. The molecule has 0 aliphatic heterocycles. The lowest BCUT2D eigenvalue weighted by molar-refractivity contribution is 0.626. The predicted molar refractivity (Wildman–Crippen MR) is 75.4 cm³/mol. The van der Waals surface area contributed by atoms with E-state index in [-0.39, 0.29) is 5.82 Å². The van der Waals surface area contributed by atoms with E-state index in [2.05, 4.69) is 9.88 Å². The van der Waals surface area contributed by atoms with Crippen molar-refractivity contribution in [2.45, 2.75) is 13.0 Å². The van der Waals surface area contributed by atoms with Crippen molar-refractivity contribution in [3.63, 3.8) is 0 Å². The van der Waals surface area contributed by atoms with E-state index in [1.54, 1.807) is 18.3 Å². The maximum atomic E-state index is 12.9. The van der Waals surface area contributed by atoms with Crippen LogP contribution in [0.1, 0.15) is 12.0 Å². The number of anilines is 1. The Labute approximate surface area is 112 Å². The fourth-order valence-electron chi connectivity index (χ4n) is 1.91. The lowest BCUT2D eigenvalue weighted by Gasteiger charge is -2.23. The number of hydrogen-bond donors (Lipinski definition) is 1. The van der Waals surface area contributed by atoms with Crippen LogP contribution in [-0.4, -0.2) is 18.1 Å². The summed E-state index contributed by atoms with van der Waals surface area (Å²) in [5, 5.41) is 0. The van der Waals surface area contributed by atoms with E-state index in [4.69, 9.17) is 5.73 Å². The van der Waals surface area contributed by atoms with E-state index in [0.29, 0.717) is 13.1 Å². The number of nitrogens with two attached hydrogens (primary N) is 1. The number of nitrogens with zero attached hydrogens (tertiary/aromatic N) is 2. The van der Waals surface area contributed by atoms with Gasteiger partial charge in [-0.25, -0.2) is 9.37 Å². The third kappa shape index (κ3) is 4.03. The van der Waals surface area contributed by atoms with Gasteiger partial charge in [0.15, 0.2) is 0 Å². The zero-order chi connectivity index (χ0) is 13.5. The molecule has 0 radical (unpaired) electrons. The molecule has 0 spiro atoms. The quantitative estimate of drug-likeness (QED) is 0.867. The summed E-state index contributed by atoms with van der Waals surface area (Å²) >= 11 is 0. The molecular weight excluding hydrogens is 241 g/mol. The molecule has 0 aliphatic carbocycles. The molecule has 0 amide bonds. The smallest absolute Gasteiger partial charge is 0.128 e. The minimum atomic E-state index is -0.213. The highest BCUT2D eigenvalue weighted by atomic mass is 19.1. The molecule has 2 aromatic rings. The molecule has 19 heavy (non-hydrogen) atoms. The van der Waals surface area contributed by atoms with Gasteiger partial charge < -0.3 is 10.6 Å². The van der Waals surface area contributed by atoms with Crippen molar-refractivity contribution in [3.8, 4) is 0 Å². The third-order valence-electron chi connectivity index (χ3n) is 2.89. The largest absolute Gasteiger partial charge is 0.352 e. The summed E-state index contributed by atoms with van der Waals surface area (Å²) in [5.41, 5.74) is 6.63. The van der Waals surface area contributed by atoms with Gasteiger partial charge >= 0.3 is 0 Å². The zero-order valence-corrected chi connectivity index (χ0v) is 10.8. The summed E-state index contributed by atoms with van der Waals surface area (Å²) in [5.74, 6) is 0.704. The van der Waals surface area contributed by atoms with Crippen LogP contribution in [0.5, 0.6) is 0 Å². The van der Waals surface area contributed by atoms with Gasteiger partial charge in [-0.3, -0.25) is 0 Å². The lowest BCUT2D eigenvalue weighted by Crippen LogP contribution is -2.26. The van der Waals surface area contributed by atoms with Crippen LogP contribution >= 0.6 is 0 Å². The van der Waals surface area contributed by atoms with Crippen molar-refractivity contribution in [3.05, 3.63) is 60.0 Å². The molecule has 0 saturated heterocycles. The molecule has 0 unspecified atom stereocenters. The lowest BCUT2D eigenvalue weighted by atomic mass is 10.2. The van der Waals surface area contributed by atoms with Crippen molar-refractivity contribution in [2.75, 3.05) is 18.0 Å². The van der Waals surface area contributed by atoms with Gasteiger partial charge in [-0.1, -0.05) is 18.2 Å². The maximum Gasteiger partial charge on any atom is 0.128 e. The SMILES string of the molecule is NCCCN(Cc1ccc(F)cc1)c1ccccn1. The fraction of sp³-hybridized carbons (Fsp3) is 0.267. The molecule has 0 bridgehead atoms. The van der Waals surface area contributed by atoms with E-state index in [1.165, 1.54) is 12.1 Å². The van der Waals surface area contributed by atoms with E-state index in [1.807, 2.05) is 18.2 Å². The monoisotopic (exact) mass is 259 g/mol. The summed E-state index contributed by atoms with van der Waals surface area (Å²) in [6, 6.07) is 12.4. The maximum absolute atomic E-state index is 12.9.